The summed E-state index contributed by atoms with van der Waals surface area (Å²) in [4.78, 5) is 30.6. The lowest BCUT2D eigenvalue weighted by Gasteiger charge is -2.44. The Morgan fingerprint density at radius 1 is 1.29 bits per heavy atom. The van der Waals surface area contributed by atoms with Crippen LogP contribution in [0.5, 0.6) is 5.75 Å². The fourth-order valence-electron chi connectivity index (χ4n) is 4.78. The average Bonchev–Trinajstić information content (AvgIpc) is 3.24. The highest BCUT2D eigenvalue weighted by Gasteiger charge is 2.48. The van der Waals surface area contributed by atoms with Crippen molar-refractivity contribution in [3.05, 3.63) is 57.2 Å². The summed E-state index contributed by atoms with van der Waals surface area (Å²) >= 11 is 0. The van der Waals surface area contributed by atoms with Crippen LogP contribution in [0, 0.1) is 6.92 Å². The topological polar surface area (TPSA) is 87.6 Å². The molecule has 3 aromatic rings. The molecule has 182 valence electrons. The van der Waals surface area contributed by atoms with Gasteiger partial charge < -0.3 is 24.4 Å². The number of halogens is 2. The molecule has 1 amide bonds. The number of anilines is 1. The summed E-state index contributed by atoms with van der Waals surface area (Å²) < 4.78 is 38.2. The molecule has 0 spiro atoms. The van der Waals surface area contributed by atoms with E-state index in [-0.39, 0.29) is 36.9 Å². The number of hydrogen-bond acceptors (Lipinski definition) is 5. The number of nitrogens with one attached hydrogen (secondary N) is 2. The molecule has 4 rings (SSSR count). The number of rotatable bonds is 8. The summed E-state index contributed by atoms with van der Waals surface area (Å²) in [6, 6.07) is 4.95. The second-order valence-corrected chi connectivity index (χ2v) is 8.65. The van der Waals surface area contributed by atoms with E-state index in [1.54, 1.807) is 19.1 Å². The van der Waals surface area contributed by atoms with Gasteiger partial charge in [-0.15, -0.1) is 0 Å². The molecule has 0 bridgehead atoms. The first-order chi connectivity index (χ1) is 16.2. The number of aromatic nitrogens is 1. The van der Waals surface area contributed by atoms with E-state index in [0.717, 1.165) is 11.3 Å². The fraction of sp³-hybridized carbons (Fsp3) is 0.440. The minimum absolute atomic E-state index is 0.0311. The van der Waals surface area contributed by atoms with Gasteiger partial charge in [-0.1, -0.05) is 6.92 Å². The van der Waals surface area contributed by atoms with E-state index in [1.807, 2.05) is 24.8 Å². The number of H-pyrrole nitrogens is 1. The van der Waals surface area contributed by atoms with Gasteiger partial charge in [0.25, 0.3) is 17.4 Å². The van der Waals surface area contributed by atoms with E-state index in [2.05, 4.69) is 10.3 Å². The number of methoxy groups -OCH3 is 1. The van der Waals surface area contributed by atoms with Gasteiger partial charge in [-0.2, -0.15) is 0 Å². The van der Waals surface area contributed by atoms with Gasteiger partial charge in [0, 0.05) is 48.3 Å². The quantitative estimate of drug-likeness (QED) is 0.501. The van der Waals surface area contributed by atoms with Crippen molar-refractivity contribution in [1.82, 2.24) is 10.3 Å². The van der Waals surface area contributed by atoms with Crippen molar-refractivity contribution in [2.45, 2.75) is 58.5 Å². The van der Waals surface area contributed by atoms with Crippen LogP contribution in [-0.2, 0) is 13.0 Å². The number of alkyl halides is 2. The maximum atomic E-state index is 13.6. The number of amides is 1. The van der Waals surface area contributed by atoms with E-state index >= 15 is 0 Å². The van der Waals surface area contributed by atoms with E-state index in [9.17, 15) is 18.4 Å². The van der Waals surface area contributed by atoms with Crippen molar-refractivity contribution in [1.29, 1.82) is 0 Å². The first-order valence-electron chi connectivity index (χ1n) is 11.4. The van der Waals surface area contributed by atoms with E-state index in [1.165, 1.54) is 13.4 Å². The summed E-state index contributed by atoms with van der Waals surface area (Å²) in [7, 11) is 1.47. The molecule has 34 heavy (non-hydrogen) atoms. The van der Waals surface area contributed by atoms with E-state index < -0.39 is 5.92 Å². The van der Waals surface area contributed by atoms with Gasteiger partial charge in [-0.05, 0) is 38.0 Å². The number of pyridine rings is 1. The van der Waals surface area contributed by atoms with Gasteiger partial charge in [0.05, 0.1) is 31.0 Å². The van der Waals surface area contributed by atoms with Crippen LogP contribution in [0.15, 0.2) is 33.7 Å². The SMILES string of the molecule is CCc1c(N(CC)C2CC(F)(F)C2)cc2occc2c1C(=O)NCc1c(OC)cc(C)[nH]c1=O. The number of fused-ring (bicyclic) bond motifs is 1. The third-order valence-electron chi connectivity index (χ3n) is 6.46. The molecule has 1 aliphatic carbocycles. The van der Waals surface area contributed by atoms with Crippen LogP contribution in [0.25, 0.3) is 11.0 Å². The molecule has 2 aromatic heterocycles. The van der Waals surface area contributed by atoms with Crippen LogP contribution in [0.3, 0.4) is 0 Å². The normalized spacial score (nSPS) is 15.2. The minimum Gasteiger partial charge on any atom is -0.496 e. The molecule has 0 aliphatic heterocycles. The highest BCUT2D eigenvalue weighted by atomic mass is 19.3. The van der Waals surface area contributed by atoms with Crippen molar-refractivity contribution < 1.29 is 22.7 Å². The number of furan rings is 1. The third kappa shape index (κ3) is 4.26. The predicted octanol–water partition coefficient (Wildman–Crippen LogP) is 4.55. The predicted molar refractivity (Wildman–Crippen MR) is 126 cm³/mol. The maximum absolute atomic E-state index is 13.6. The van der Waals surface area contributed by atoms with Gasteiger partial charge >= 0.3 is 0 Å². The number of carbonyl (C=O) groups is 1. The molecule has 0 unspecified atom stereocenters. The Kier molecular flexibility index (Phi) is 6.38. The Morgan fingerprint density at radius 3 is 2.65 bits per heavy atom. The van der Waals surface area contributed by atoms with E-state index in [4.69, 9.17) is 9.15 Å². The molecule has 0 radical (unpaired) electrons. The number of aryl methyl sites for hydroxylation is 1. The molecule has 1 aliphatic rings. The lowest BCUT2D eigenvalue weighted by atomic mass is 9.85. The molecule has 9 heteroatoms. The molecule has 1 fully saturated rings. The standard InChI is InChI=1S/C25H29F2N3O4/c1-5-16-19(30(6-2)15-11-25(26,27)12-15)10-21-17(7-8-34-21)22(16)24(32)28-13-18-20(33-4)9-14(3)29-23(18)31/h7-10,15H,5-6,11-13H2,1-4H3,(H,28,32)(H,29,31). The van der Waals surface area contributed by atoms with Gasteiger partial charge in [-0.25, -0.2) is 8.78 Å². The lowest BCUT2D eigenvalue weighted by Crippen LogP contribution is -2.51. The molecular weight excluding hydrogens is 444 g/mol. The first-order valence-corrected chi connectivity index (χ1v) is 11.4. The number of aromatic amines is 1. The molecule has 1 aromatic carbocycles. The van der Waals surface area contributed by atoms with Crippen molar-refractivity contribution >= 4 is 22.6 Å². The summed E-state index contributed by atoms with van der Waals surface area (Å²) in [5.41, 5.74) is 3.05. The van der Waals surface area contributed by atoms with Crippen molar-refractivity contribution in [3.8, 4) is 5.75 Å². The lowest BCUT2D eigenvalue weighted by molar-refractivity contribution is -0.0856. The Morgan fingerprint density at radius 2 is 2.03 bits per heavy atom. The number of ether oxygens (including phenoxy) is 1. The van der Waals surface area contributed by atoms with Gasteiger partial charge in [0.15, 0.2) is 0 Å². The van der Waals surface area contributed by atoms with Crippen molar-refractivity contribution in [3.63, 3.8) is 0 Å². The minimum atomic E-state index is -2.65. The smallest absolute Gasteiger partial charge is 0.256 e. The van der Waals surface area contributed by atoms with Crippen LogP contribution in [0.2, 0.25) is 0 Å². The van der Waals surface area contributed by atoms with Crippen LogP contribution in [0.1, 0.15) is 53.9 Å². The largest absolute Gasteiger partial charge is 0.496 e. The number of nitrogens with zero attached hydrogens (tertiary/aromatic N) is 1. The van der Waals surface area contributed by atoms with Gasteiger partial charge in [-0.3, -0.25) is 9.59 Å². The molecule has 2 heterocycles. The number of benzene rings is 1. The second kappa shape index (κ2) is 9.12. The molecule has 0 saturated heterocycles. The van der Waals surface area contributed by atoms with Crippen LogP contribution in [0.4, 0.5) is 14.5 Å². The highest BCUT2D eigenvalue weighted by molar-refractivity contribution is 6.09. The summed E-state index contributed by atoms with van der Waals surface area (Å²) in [5.74, 6) is -2.63. The molecular formula is C25H29F2N3O4. The monoisotopic (exact) mass is 473 g/mol. The molecule has 1 saturated carbocycles. The fourth-order valence-corrected chi connectivity index (χ4v) is 4.78. The Labute approximate surface area is 196 Å². The molecule has 0 atom stereocenters. The zero-order valence-corrected chi connectivity index (χ0v) is 19.8. The molecule has 2 N–H and O–H groups in total. The summed E-state index contributed by atoms with van der Waals surface area (Å²) in [6.07, 6.45) is 1.61. The Hall–Kier alpha value is -3.36. The first kappa shape index (κ1) is 23.8. The number of carbonyl (C=O) groups excluding carboxylic acids is 1. The zero-order valence-electron chi connectivity index (χ0n) is 19.8. The zero-order chi connectivity index (χ0) is 24.6. The maximum Gasteiger partial charge on any atom is 0.256 e. The van der Waals surface area contributed by atoms with Gasteiger partial charge in [0.1, 0.15) is 11.3 Å². The molecule has 7 nitrogen and oxygen atoms in total. The average molecular weight is 474 g/mol. The summed E-state index contributed by atoms with van der Waals surface area (Å²) in [5, 5.41) is 3.48. The Bertz CT molecular complexity index is 1270. The van der Waals surface area contributed by atoms with Crippen LogP contribution in [-0.4, -0.2) is 36.5 Å². The van der Waals surface area contributed by atoms with Crippen LogP contribution >= 0.6 is 0 Å². The van der Waals surface area contributed by atoms with Gasteiger partial charge in [0.2, 0.25) is 0 Å². The van der Waals surface area contributed by atoms with Crippen LogP contribution < -0.4 is 20.5 Å². The summed E-state index contributed by atoms with van der Waals surface area (Å²) in [6.45, 7) is 6.09. The number of hydrogen-bond donors (Lipinski definition) is 2. The van der Waals surface area contributed by atoms with Crippen molar-refractivity contribution in [2.75, 3.05) is 18.6 Å². The third-order valence-corrected chi connectivity index (χ3v) is 6.46. The highest BCUT2D eigenvalue weighted by Crippen LogP contribution is 2.44. The van der Waals surface area contributed by atoms with Crippen molar-refractivity contribution in [2.24, 2.45) is 0 Å². The van der Waals surface area contributed by atoms with E-state index in [0.29, 0.717) is 46.5 Å². The Balaban J connectivity index is 1.72. The second-order valence-electron chi connectivity index (χ2n) is 8.65.